The van der Waals surface area contributed by atoms with Gasteiger partial charge in [-0.2, -0.15) is 10.4 Å². The molecule has 140 valence electrons. The van der Waals surface area contributed by atoms with Gasteiger partial charge in [-0.05, 0) is 37.8 Å². The second-order valence-corrected chi connectivity index (χ2v) is 7.12. The van der Waals surface area contributed by atoms with Crippen LogP contribution in [0.15, 0.2) is 35.5 Å². The fourth-order valence-corrected chi connectivity index (χ4v) is 3.98. The van der Waals surface area contributed by atoms with Crippen molar-refractivity contribution in [1.29, 1.82) is 5.26 Å². The van der Waals surface area contributed by atoms with Crippen LogP contribution in [0, 0.1) is 11.3 Å². The quantitative estimate of drug-likeness (QED) is 0.550. The highest BCUT2D eigenvalue weighted by molar-refractivity contribution is 5.80. The van der Waals surface area contributed by atoms with E-state index < -0.39 is 6.10 Å². The second-order valence-electron chi connectivity index (χ2n) is 7.12. The highest BCUT2D eigenvalue weighted by Crippen LogP contribution is 2.30. The molecule has 28 heavy (non-hydrogen) atoms. The zero-order valence-electron chi connectivity index (χ0n) is 14.9. The van der Waals surface area contributed by atoms with Crippen molar-refractivity contribution in [3.63, 3.8) is 0 Å². The van der Waals surface area contributed by atoms with Gasteiger partial charge in [0.2, 0.25) is 0 Å². The molecule has 0 radical (unpaired) electrons. The van der Waals surface area contributed by atoms with Gasteiger partial charge in [-0.25, -0.2) is 19.3 Å². The predicted molar refractivity (Wildman–Crippen MR) is 101 cm³/mol. The van der Waals surface area contributed by atoms with Crippen molar-refractivity contribution >= 4 is 16.7 Å². The Morgan fingerprint density at radius 2 is 2.21 bits per heavy atom. The minimum absolute atomic E-state index is 0.0955. The fourth-order valence-electron chi connectivity index (χ4n) is 3.98. The van der Waals surface area contributed by atoms with Gasteiger partial charge in [-0.15, -0.1) is 0 Å². The number of fused-ring (bicyclic) bond motifs is 2. The molecular weight excluding hydrogens is 358 g/mol. The van der Waals surface area contributed by atoms with Gasteiger partial charge in [0.15, 0.2) is 11.5 Å². The molecular formula is C19H17N7O2. The summed E-state index contributed by atoms with van der Waals surface area (Å²) in [7, 11) is 0. The Morgan fingerprint density at radius 1 is 1.32 bits per heavy atom. The SMILES string of the molecule is N#Cc1ccn2ncc(-c3ncc4[nH]c(=O)n([C@@H]5CCC[C@@H](O)C5)c4n3)c2c1. The number of aliphatic hydroxyl groups is 1. The molecule has 0 saturated heterocycles. The Labute approximate surface area is 158 Å². The van der Waals surface area contributed by atoms with Gasteiger partial charge in [-0.1, -0.05) is 0 Å². The van der Waals surface area contributed by atoms with E-state index in [1.807, 2.05) is 0 Å². The monoisotopic (exact) mass is 375 g/mol. The van der Waals surface area contributed by atoms with E-state index in [9.17, 15) is 9.90 Å². The molecule has 1 fully saturated rings. The minimum atomic E-state index is -0.402. The van der Waals surface area contributed by atoms with E-state index in [0.29, 0.717) is 34.5 Å². The Hall–Kier alpha value is -3.51. The lowest BCUT2D eigenvalue weighted by Gasteiger charge is -2.26. The van der Waals surface area contributed by atoms with Crippen LogP contribution < -0.4 is 5.69 Å². The number of aromatic amines is 1. The highest BCUT2D eigenvalue weighted by atomic mass is 16.3. The van der Waals surface area contributed by atoms with Gasteiger partial charge in [0.25, 0.3) is 0 Å². The summed E-state index contributed by atoms with van der Waals surface area (Å²) >= 11 is 0. The summed E-state index contributed by atoms with van der Waals surface area (Å²) < 4.78 is 3.29. The summed E-state index contributed by atoms with van der Waals surface area (Å²) in [6.45, 7) is 0. The molecule has 1 saturated carbocycles. The topological polar surface area (TPSA) is 125 Å². The van der Waals surface area contributed by atoms with Gasteiger partial charge in [-0.3, -0.25) is 4.57 Å². The Bertz CT molecular complexity index is 1290. The maximum Gasteiger partial charge on any atom is 0.327 e. The van der Waals surface area contributed by atoms with E-state index in [1.54, 1.807) is 39.8 Å². The van der Waals surface area contributed by atoms with Crippen LogP contribution in [0.1, 0.15) is 37.3 Å². The number of nitriles is 1. The van der Waals surface area contributed by atoms with Crippen molar-refractivity contribution in [3.8, 4) is 17.5 Å². The summed E-state index contributed by atoms with van der Waals surface area (Å²) in [5.41, 5.74) is 2.75. The number of nitrogens with zero attached hydrogens (tertiary/aromatic N) is 6. The van der Waals surface area contributed by atoms with E-state index in [4.69, 9.17) is 5.26 Å². The van der Waals surface area contributed by atoms with Crippen molar-refractivity contribution < 1.29 is 5.11 Å². The summed E-state index contributed by atoms with van der Waals surface area (Å²) in [6.07, 6.45) is 7.54. The molecule has 2 N–H and O–H groups in total. The van der Waals surface area contributed by atoms with Crippen molar-refractivity contribution in [1.82, 2.24) is 29.1 Å². The van der Waals surface area contributed by atoms with E-state index in [2.05, 4.69) is 26.1 Å². The molecule has 9 heteroatoms. The third-order valence-corrected chi connectivity index (χ3v) is 5.33. The van der Waals surface area contributed by atoms with Gasteiger partial charge >= 0.3 is 5.69 Å². The Kier molecular flexibility index (Phi) is 3.74. The molecule has 2 atom stereocenters. The maximum absolute atomic E-state index is 12.5. The normalized spacial score (nSPS) is 19.9. The van der Waals surface area contributed by atoms with Gasteiger partial charge in [0.1, 0.15) is 5.52 Å². The lowest BCUT2D eigenvalue weighted by molar-refractivity contribution is 0.104. The number of hydrogen-bond donors (Lipinski definition) is 2. The zero-order valence-corrected chi connectivity index (χ0v) is 14.9. The van der Waals surface area contributed by atoms with E-state index in [1.165, 1.54) is 0 Å². The molecule has 4 heterocycles. The van der Waals surface area contributed by atoms with E-state index in [0.717, 1.165) is 24.8 Å². The molecule has 4 aromatic heterocycles. The van der Waals surface area contributed by atoms with Crippen LogP contribution in [0.5, 0.6) is 0 Å². The van der Waals surface area contributed by atoms with E-state index in [-0.39, 0.29) is 11.7 Å². The molecule has 0 aliphatic heterocycles. The van der Waals surface area contributed by atoms with Crippen molar-refractivity contribution in [2.24, 2.45) is 0 Å². The molecule has 0 unspecified atom stereocenters. The molecule has 4 aromatic rings. The summed E-state index contributed by atoms with van der Waals surface area (Å²) in [5, 5.41) is 23.5. The van der Waals surface area contributed by atoms with Crippen molar-refractivity contribution in [2.75, 3.05) is 0 Å². The molecule has 5 rings (SSSR count). The first kappa shape index (κ1) is 16.6. The smallest absolute Gasteiger partial charge is 0.327 e. The molecule has 0 bridgehead atoms. The van der Waals surface area contributed by atoms with Crippen LogP contribution in [-0.4, -0.2) is 40.3 Å². The van der Waals surface area contributed by atoms with Crippen LogP contribution in [-0.2, 0) is 0 Å². The number of aliphatic hydroxyl groups excluding tert-OH is 1. The molecule has 9 nitrogen and oxygen atoms in total. The Balaban J connectivity index is 1.67. The molecule has 0 amide bonds. The summed E-state index contributed by atoms with van der Waals surface area (Å²) in [6, 6.07) is 5.45. The third kappa shape index (κ3) is 2.58. The first-order valence-corrected chi connectivity index (χ1v) is 9.17. The largest absolute Gasteiger partial charge is 0.393 e. The van der Waals surface area contributed by atoms with Crippen LogP contribution in [0.25, 0.3) is 28.1 Å². The molecule has 0 spiro atoms. The van der Waals surface area contributed by atoms with Crippen LogP contribution in [0.4, 0.5) is 0 Å². The number of H-pyrrole nitrogens is 1. The highest BCUT2D eigenvalue weighted by Gasteiger charge is 2.25. The lowest BCUT2D eigenvalue weighted by atomic mass is 9.93. The third-order valence-electron chi connectivity index (χ3n) is 5.33. The first-order valence-electron chi connectivity index (χ1n) is 9.17. The minimum Gasteiger partial charge on any atom is -0.393 e. The molecule has 1 aliphatic carbocycles. The predicted octanol–water partition coefficient (Wildman–Crippen LogP) is 1.78. The van der Waals surface area contributed by atoms with Crippen LogP contribution >= 0.6 is 0 Å². The zero-order chi connectivity index (χ0) is 19.3. The van der Waals surface area contributed by atoms with Crippen molar-refractivity contribution in [3.05, 3.63) is 46.8 Å². The fraction of sp³-hybridized carbons (Fsp3) is 0.316. The van der Waals surface area contributed by atoms with Crippen molar-refractivity contribution in [2.45, 2.75) is 37.8 Å². The number of aromatic nitrogens is 6. The maximum atomic E-state index is 12.5. The summed E-state index contributed by atoms with van der Waals surface area (Å²) in [5.74, 6) is 0.432. The van der Waals surface area contributed by atoms with Gasteiger partial charge in [0.05, 0.1) is 41.2 Å². The number of hydrogen-bond acceptors (Lipinski definition) is 6. The van der Waals surface area contributed by atoms with E-state index >= 15 is 0 Å². The summed E-state index contributed by atoms with van der Waals surface area (Å²) in [4.78, 5) is 24.4. The lowest BCUT2D eigenvalue weighted by Crippen LogP contribution is -2.29. The standard InChI is InChI=1S/C19H17N7O2/c20-8-11-4-5-25-16(6-11)14(9-22-25)17-21-10-15-18(24-17)26(19(28)23-15)12-2-1-3-13(27)7-12/h4-6,9-10,12-13,27H,1-3,7H2,(H,23,28)/t12-,13-/m1/s1. The number of pyridine rings is 1. The molecule has 0 aromatic carbocycles. The average Bonchev–Trinajstić information content (AvgIpc) is 3.26. The average molecular weight is 375 g/mol. The number of imidazole rings is 1. The Morgan fingerprint density at radius 3 is 3.04 bits per heavy atom. The second kappa shape index (κ2) is 6.28. The molecule has 1 aliphatic rings. The number of nitrogens with one attached hydrogen (secondary N) is 1. The van der Waals surface area contributed by atoms with Gasteiger partial charge in [0, 0.05) is 12.2 Å². The van der Waals surface area contributed by atoms with Gasteiger partial charge < -0.3 is 10.1 Å². The van der Waals surface area contributed by atoms with Crippen LogP contribution in [0.3, 0.4) is 0 Å². The number of rotatable bonds is 2. The van der Waals surface area contributed by atoms with Crippen LogP contribution in [0.2, 0.25) is 0 Å². The first-order chi connectivity index (χ1) is 13.6.